The van der Waals surface area contributed by atoms with Crippen molar-refractivity contribution in [1.29, 1.82) is 0 Å². The van der Waals surface area contributed by atoms with Crippen LogP contribution in [0.4, 0.5) is 0 Å². The number of rotatable bonds is 7. The van der Waals surface area contributed by atoms with Crippen LogP contribution < -0.4 is 0 Å². The van der Waals surface area contributed by atoms with E-state index in [1.807, 2.05) is 0 Å². The average molecular weight is 452 g/mol. The van der Waals surface area contributed by atoms with Crippen molar-refractivity contribution in [3.05, 3.63) is 92.8 Å². The fourth-order valence-corrected chi connectivity index (χ4v) is 3.75. The minimum atomic E-state index is -1.13. The van der Waals surface area contributed by atoms with E-state index in [0.717, 1.165) is 0 Å². The molecule has 0 amide bonds. The number of H-pyrrole nitrogens is 1. The molecule has 0 aliphatic rings. The highest BCUT2D eigenvalue weighted by molar-refractivity contribution is 6.30. The number of nitrogens with one attached hydrogen (secondary N) is 1. The standard InChI is InChI=1S/C25H22ClNO5/c1-13-21(15(3)28)14(2)27-22(13)23(29)16(4)32-25(31)20-8-6-5-7-19(20)24(30)17-9-11-18(26)12-10-17/h5-12,16,27H,1-4H3. The van der Waals surface area contributed by atoms with Crippen molar-refractivity contribution in [3.8, 4) is 0 Å². The summed E-state index contributed by atoms with van der Waals surface area (Å²) in [6.07, 6.45) is -1.13. The van der Waals surface area contributed by atoms with Crippen molar-refractivity contribution in [2.24, 2.45) is 0 Å². The van der Waals surface area contributed by atoms with Gasteiger partial charge in [-0.1, -0.05) is 29.8 Å². The van der Waals surface area contributed by atoms with Gasteiger partial charge in [-0.15, -0.1) is 0 Å². The first kappa shape index (κ1) is 23.2. The molecule has 0 aliphatic heterocycles. The Balaban J connectivity index is 1.84. The Morgan fingerprint density at radius 2 is 1.53 bits per heavy atom. The van der Waals surface area contributed by atoms with E-state index < -0.39 is 17.9 Å². The Hall–Kier alpha value is -3.51. The van der Waals surface area contributed by atoms with E-state index in [2.05, 4.69) is 4.98 Å². The van der Waals surface area contributed by atoms with Crippen LogP contribution in [-0.2, 0) is 4.74 Å². The van der Waals surface area contributed by atoms with Gasteiger partial charge in [-0.05, 0) is 63.6 Å². The molecule has 0 saturated heterocycles. The number of aryl methyl sites for hydroxylation is 1. The number of aromatic amines is 1. The van der Waals surface area contributed by atoms with Crippen molar-refractivity contribution in [2.45, 2.75) is 33.8 Å². The van der Waals surface area contributed by atoms with Gasteiger partial charge >= 0.3 is 5.97 Å². The number of esters is 1. The summed E-state index contributed by atoms with van der Waals surface area (Å²) in [6.45, 7) is 6.25. The molecule has 0 saturated carbocycles. The lowest BCUT2D eigenvalue weighted by Gasteiger charge is -2.14. The third kappa shape index (κ3) is 4.55. The molecule has 0 fully saturated rings. The molecule has 0 aliphatic carbocycles. The fraction of sp³-hybridized carbons (Fsp3) is 0.200. The van der Waals surface area contributed by atoms with E-state index in [-0.39, 0.29) is 28.4 Å². The number of carbonyl (C=O) groups excluding carboxylic acids is 4. The second-order valence-corrected chi connectivity index (χ2v) is 7.91. The number of halogens is 1. The first-order chi connectivity index (χ1) is 15.1. The van der Waals surface area contributed by atoms with Gasteiger partial charge in [-0.2, -0.15) is 0 Å². The first-order valence-electron chi connectivity index (χ1n) is 9.96. The van der Waals surface area contributed by atoms with Gasteiger partial charge in [-0.3, -0.25) is 14.4 Å². The largest absolute Gasteiger partial charge is 0.451 e. The van der Waals surface area contributed by atoms with E-state index in [1.165, 1.54) is 26.0 Å². The van der Waals surface area contributed by atoms with Crippen molar-refractivity contribution in [3.63, 3.8) is 0 Å². The Bertz CT molecular complexity index is 1220. The van der Waals surface area contributed by atoms with Gasteiger partial charge in [0.05, 0.1) is 11.3 Å². The van der Waals surface area contributed by atoms with E-state index in [0.29, 0.717) is 27.4 Å². The predicted octanol–water partition coefficient (Wildman–Crippen LogP) is 5.15. The van der Waals surface area contributed by atoms with Crippen molar-refractivity contribution >= 4 is 34.9 Å². The third-order valence-corrected chi connectivity index (χ3v) is 5.44. The molecular weight excluding hydrogens is 430 g/mol. The van der Waals surface area contributed by atoms with Crippen molar-refractivity contribution in [1.82, 2.24) is 4.98 Å². The molecule has 0 radical (unpaired) electrons. The molecule has 2 aromatic carbocycles. The van der Waals surface area contributed by atoms with Crippen LogP contribution in [-0.4, -0.2) is 34.4 Å². The molecule has 7 heteroatoms. The fourth-order valence-electron chi connectivity index (χ4n) is 3.62. The van der Waals surface area contributed by atoms with Crippen LogP contribution in [0.3, 0.4) is 0 Å². The zero-order valence-corrected chi connectivity index (χ0v) is 18.9. The van der Waals surface area contributed by atoms with Crippen LogP contribution in [0.5, 0.6) is 0 Å². The highest BCUT2D eigenvalue weighted by Gasteiger charge is 2.27. The minimum absolute atomic E-state index is 0.0518. The van der Waals surface area contributed by atoms with Gasteiger partial charge in [0, 0.05) is 27.4 Å². The van der Waals surface area contributed by atoms with E-state index in [1.54, 1.807) is 50.2 Å². The normalized spacial score (nSPS) is 11.7. The number of ether oxygens (including phenoxy) is 1. The summed E-state index contributed by atoms with van der Waals surface area (Å²) in [5.74, 6) is -1.78. The molecule has 164 valence electrons. The number of ketones is 3. The lowest BCUT2D eigenvalue weighted by atomic mass is 9.98. The van der Waals surface area contributed by atoms with Crippen molar-refractivity contribution in [2.75, 3.05) is 0 Å². The topological polar surface area (TPSA) is 93.3 Å². The summed E-state index contributed by atoms with van der Waals surface area (Å²) in [5.41, 5.74) is 2.34. The third-order valence-electron chi connectivity index (χ3n) is 5.19. The molecule has 3 rings (SSSR count). The van der Waals surface area contributed by atoms with Crippen LogP contribution in [0.15, 0.2) is 48.5 Å². The maximum Gasteiger partial charge on any atom is 0.339 e. The van der Waals surface area contributed by atoms with E-state index in [9.17, 15) is 19.2 Å². The molecule has 1 N–H and O–H groups in total. The summed E-state index contributed by atoms with van der Waals surface area (Å²) < 4.78 is 5.40. The Morgan fingerprint density at radius 3 is 2.09 bits per heavy atom. The Kier molecular flexibility index (Phi) is 6.75. The summed E-state index contributed by atoms with van der Waals surface area (Å²) in [4.78, 5) is 53.4. The van der Waals surface area contributed by atoms with Gasteiger partial charge in [0.2, 0.25) is 5.78 Å². The van der Waals surface area contributed by atoms with E-state index in [4.69, 9.17) is 16.3 Å². The van der Waals surface area contributed by atoms with Crippen LogP contribution in [0.1, 0.15) is 72.2 Å². The molecule has 1 aromatic heterocycles. The molecule has 1 heterocycles. The number of aromatic nitrogens is 1. The number of hydrogen-bond acceptors (Lipinski definition) is 5. The zero-order valence-electron chi connectivity index (χ0n) is 18.1. The number of carbonyl (C=O) groups is 4. The minimum Gasteiger partial charge on any atom is -0.451 e. The second-order valence-electron chi connectivity index (χ2n) is 7.47. The maximum atomic E-state index is 12.9. The molecule has 0 bridgehead atoms. The molecular formula is C25H22ClNO5. The van der Waals surface area contributed by atoms with Gasteiger partial charge in [0.25, 0.3) is 0 Å². The summed E-state index contributed by atoms with van der Waals surface area (Å²) >= 11 is 5.88. The molecule has 1 atom stereocenters. The Morgan fingerprint density at radius 1 is 0.938 bits per heavy atom. The number of hydrogen-bond donors (Lipinski definition) is 1. The monoisotopic (exact) mass is 451 g/mol. The Labute approximate surface area is 190 Å². The number of Topliss-reactive ketones (excluding diaryl/α,β-unsaturated/α-hetero) is 2. The number of benzene rings is 2. The van der Waals surface area contributed by atoms with E-state index >= 15 is 0 Å². The summed E-state index contributed by atoms with van der Waals surface area (Å²) in [6, 6.07) is 12.6. The second kappa shape index (κ2) is 9.32. The maximum absolute atomic E-state index is 12.9. The molecule has 3 aromatic rings. The van der Waals surface area contributed by atoms with Crippen LogP contribution in [0.2, 0.25) is 5.02 Å². The van der Waals surface area contributed by atoms with Crippen LogP contribution in [0.25, 0.3) is 0 Å². The van der Waals surface area contributed by atoms with Gasteiger partial charge in [-0.25, -0.2) is 4.79 Å². The quantitative estimate of drug-likeness (QED) is 0.396. The first-order valence-corrected chi connectivity index (χ1v) is 10.3. The predicted molar refractivity (Wildman–Crippen MR) is 121 cm³/mol. The summed E-state index contributed by atoms with van der Waals surface area (Å²) in [7, 11) is 0. The van der Waals surface area contributed by atoms with Gasteiger partial charge in [0.15, 0.2) is 17.7 Å². The van der Waals surface area contributed by atoms with Gasteiger partial charge in [0.1, 0.15) is 0 Å². The highest BCUT2D eigenvalue weighted by atomic mass is 35.5. The molecule has 0 spiro atoms. The average Bonchev–Trinajstić information content (AvgIpc) is 3.07. The molecule has 1 unspecified atom stereocenters. The molecule has 6 nitrogen and oxygen atoms in total. The smallest absolute Gasteiger partial charge is 0.339 e. The van der Waals surface area contributed by atoms with Crippen LogP contribution >= 0.6 is 11.6 Å². The lowest BCUT2D eigenvalue weighted by Crippen LogP contribution is -2.26. The highest BCUT2D eigenvalue weighted by Crippen LogP contribution is 2.22. The van der Waals surface area contributed by atoms with Crippen molar-refractivity contribution < 1.29 is 23.9 Å². The SMILES string of the molecule is CC(=O)c1c(C)[nH]c(C(=O)C(C)OC(=O)c2ccccc2C(=O)c2ccc(Cl)cc2)c1C. The molecule has 32 heavy (non-hydrogen) atoms. The summed E-state index contributed by atoms with van der Waals surface area (Å²) in [5, 5.41) is 0.490. The zero-order chi connectivity index (χ0) is 23.6. The van der Waals surface area contributed by atoms with Gasteiger partial charge < -0.3 is 9.72 Å². The lowest BCUT2D eigenvalue weighted by molar-refractivity contribution is 0.0315. The van der Waals surface area contributed by atoms with Crippen LogP contribution in [0, 0.1) is 13.8 Å².